The van der Waals surface area contributed by atoms with Gasteiger partial charge in [-0.3, -0.25) is 10.1 Å². The number of thiocarbonyl (C=S) groups is 1. The number of benzene rings is 3. The highest BCUT2D eigenvalue weighted by molar-refractivity contribution is 7.80. The molecule has 0 bridgehead atoms. The summed E-state index contributed by atoms with van der Waals surface area (Å²) in [7, 11) is 0. The molecule has 6 nitrogen and oxygen atoms in total. The maximum atomic E-state index is 12.4. The Morgan fingerprint density at radius 1 is 1.03 bits per heavy atom. The van der Waals surface area contributed by atoms with Crippen molar-refractivity contribution >= 4 is 34.3 Å². The molecule has 0 radical (unpaired) electrons. The van der Waals surface area contributed by atoms with Crippen molar-refractivity contribution in [3.05, 3.63) is 83.9 Å². The summed E-state index contributed by atoms with van der Waals surface area (Å²) in [6, 6.07) is 22.5. The van der Waals surface area contributed by atoms with Crippen LogP contribution in [0, 0.1) is 0 Å². The molecule has 7 heteroatoms. The highest BCUT2D eigenvalue weighted by Gasteiger charge is 2.09. The van der Waals surface area contributed by atoms with Gasteiger partial charge in [-0.05, 0) is 72.7 Å². The van der Waals surface area contributed by atoms with Crippen LogP contribution in [0.2, 0.25) is 0 Å². The number of carbonyl (C=O) groups excluding carboxylic acids is 1. The Morgan fingerprint density at radius 2 is 1.78 bits per heavy atom. The molecule has 4 aromatic rings. The van der Waals surface area contributed by atoms with Crippen LogP contribution in [0.15, 0.2) is 77.2 Å². The predicted octanol–water partition coefficient (Wildman–Crippen LogP) is 5.09. The van der Waals surface area contributed by atoms with Crippen LogP contribution in [-0.2, 0) is 6.54 Å². The van der Waals surface area contributed by atoms with E-state index in [0.717, 1.165) is 34.4 Å². The van der Waals surface area contributed by atoms with Gasteiger partial charge in [0.1, 0.15) is 11.3 Å². The number of nitrogens with zero attached hydrogens (tertiary/aromatic N) is 1. The number of ether oxygens (including phenoxy) is 1. The maximum Gasteiger partial charge on any atom is 0.257 e. The minimum absolute atomic E-state index is 0.268. The van der Waals surface area contributed by atoms with Crippen LogP contribution < -0.4 is 15.4 Å². The molecule has 0 fully saturated rings. The van der Waals surface area contributed by atoms with Gasteiger partial charge >= 0.3 is 0 Å². The number of aromatic nitrogens is 1. The predicted molar refractivity (Wildman–Crippen MR) is 129 cm³/mol. The Hall–Kier alpha value is -3.71. The number of oxazole rings is 1. The van der Waals surface area contributed by atoms with Crippen molar-refractivity contribution in [3.63, 3.8) is 0 Å². The van der Waals surface area contributed by atoms with Crippen molar-refractivity contribution in [2.75, 3.05) is 6.61 Å². The maximum absolute atomic E-state index is 12.4. The summed E-state index contributed by atoms with van der Waals surface area (Å²) in [6.07, 6.45) is 0.932. The van der Waals surface area contributed by atoms with Gasteiger partial charge in [-0.1, -0.05) is 31.2 Å². The average molecular weight is 446 g/mol. The van der Waals surface area contributed by atoms with Crippen molar-refractivity contribution in [2.45, 2.75) is 19.9 Å². The number of fused-ring (bicyclic) bond motifs is 1. The zero-order chi connectivity index (χ0) is 22.3. The Labute approximate surface area is 191 Å². The molecule has 0 saturated heterocycles. The Balaban J connectivity index is 1.29. The van der Waals surface area contributed by atoms with E-state index < -0.39 is 0 Å². The van der Waals surface area contributed by atoms with Crippen LogP contribution >= 0.6 is 12.2 Å². The summed E-state index contributed by atoms with van der Waals surface area (Å²) in [4.78, 5) is 16.9. The average Bonchev–Trinajstić information content (AvgIpc) is 3.26. The van der Waals surface area contributed by atoms with E-state index in [0.29, 0.717) is 24.6 Å². The lowest BCUT2D eigenvalue weighted by molar-refractivity contribution is 0.0976. The fraction of sp³-hybridized carbons (Fsp3) is 0.160. The second-order valence-corrected chi connectivity index (χ2v) is 7.60. The van der Waals surface area contributed by atoms with Gasteiger partial charge in [0.25, 0.3) is 5.91 Å². The molecule has 32 heavy (non-hydrogen) atoms. The SMILES string of the molecule is CCCOc1ccc(C(=O)NC(=S)NCc2ccc(-c3nc4ccccc4o3)cc2)cc1. The van der Waals surface area contributed by atoms with Crippen LogP contribution in [0.25, 0.3) is 22.6 Å². The third-order valence-corrected chi connectivity index (χ3v) is 5.01. The zero-order valence-electron chi connectivity index (χ0n) is 17.6. The number of hydrogen-bond acceptors (Lipinski definition) is 5. The van der Waals surface area contributed by atoms with Crippen LogP contribution in [0.1, 0.15) is 29.3 Å². The first-order valence-corrected chi connectivity index (χ1v) is 10.8. The smallest absolute Gasteiger partial charge is 0.257 e. The van der Waals surface area contributed by atoms with E-state index in [4.69, 9.17) is 21.4 Å². The van der Waals surface area contributed by atoms with E-state index in [1.807, 2.05) is 55.5 Å². The quantitative estimate of drug-likeness (QED) is 0.386. The molecule has 2 N–H and O–H groups in total. The third kappa shape index (κ3) is 5.31. The molecule has 1 heterocycles. The molecule has 1 amide bonds. The molecule has 0 spiro atoms. The number of carbonyl (C=O) groups is 1. The van der Waals surface area contributed by atoms with Gasteiger partial charge in [0.2, 0.25) is 5.89 Å². The molecule has 0 aliphatic heterocycles. The summed E-state index contributed by atoms with van der Waals surface area (Å²) in [5.41, 5.74) is 4.02. The van der Waals surface area contributed by atoms with Gasteiger partial charge in [-0.2, -0.15) is 0 Å². The van der Waals surface area contributed by atoms with Crippen molar-refractivity contribution < 1.29 is 13.9 Å². The number of rotatable bonds is 7. The minimum Gasteiger partial charge on any atom is -0.494 e. The highest BCUT2D eigenvalue weighted by atomic mass is 32.1. The normalized spacial score (nSPS) is 10.7. The molecular formula is C25H23N3O3S. The fourth-order valence-corrected chi connectivity index (χ4v) is 3.25. The summed E-state index contributed by atoms with van der Waals surface area (Å²) in [5.74, 6) is 1.06. The van der Waals surface area contributed by atoms with Gasteiger partial charge < -0.3 is 14.5 Å². The Morgan fingerprint density at radius 3 is 2.50 bits per heavy atom. The number of hydrogen-bond donors (Lipinski definition) is 2. The van der Waals surface area contributed by atoms with Crippen LogP contribution in [0.3, 0.4) is 0 Å². The summed E-state index contributed by atoms with van der Waals surface area (Å²) in [5, 5.41) is 6.02. The molecule has 0 atom stereocenters. The summed E-state index contributed by atoms with van der Waals surface area (Å²) < 4.78 is 11.3. The van der Waals surface area contributed by atoms with E-state index in [-0.39, 0.29) is 11.0 Å². The minimum atomic E-state index is -0.268. The number of nitrogens with one attached hydrogen (secondary N) is 2. The topological polar surface area (TPSA) is 76.4 Å². The van der Waals surface area contributed by atoms with Crippen molar-refractivity contribution in [1.82, 2.24) is 15.6 Å². The van der Waals surface area contributed by atoms with Crippen molar-refractivity contribution in [2.24, 2.45) is 0 Å². The van der Waals surface area contributed by atoms with E-state index >= 15 is 0 Å². The Kier molecular flexibility index (Phi) is 6.77. The lowest BCUT2D eigenvalue weighted by atomic mass is 10.1. The summed E-state index contributed by atoms with van der Waals surface area (Å²) in [6.45, 7) is 3.17. The van der Waals surface area contributed by atoms with Gasteiger partial charge in [-0.25, -0.2) is 4.98 Å². The first kappa shape index (κ1) is 21.5. The highest BCUT2D eigenvalue weighted by Crippen LogP contribution is 2.24. The van der Waals surface area contributed by atoms with E-state index in [9.17, 15) is 4.79 Å². The third-order valence-electron chi connectivity index (χ3n) is 4.76. The van der Waals surface area contributed by atoms with Gasteiger partial charge in [0.15, 0.2) is 10.7 Å². The molecule has 0 aliphatic rings. The van der Waals surface area contributed by atoms with Gasteiger partial charge in [0.05, 0.1) is 6.61 Å². The molecule has 1 aromatic heterocycles. The molecule has 162 valence electrons. The number of para-hydroxylation sites is 2. The standard InChI is InChI=1S/C25H23N3O3S/c1-2-15-30-20-13-11-18(12-14-20)23(29)28-25(32)26-16-17-7-9-19(10-8-17)24-27-21-5-3-4-6-22(21)31-24/h3-14H,2,15-16H2,1H3,(H2,26,28,29,32). The molecule has 0 saturated carbocycles. The lowest BCUT2D eigenvalue weighted by Crippen LogP contribution is -2.38. The second-order valence-electron chi connectivity index (χ2n) is 7.19. The first-order chi connectivity index (χ1) is 15.6. The largest absolute Gasteiger partial charge is 0.494 e. The van der Waals surface area contributed by atoms with E-state index in [1.54, 1.807) is 24.3 Å². The van der Waals surface area contributed by atoms with E-state index in [1.165, 1.54) is 0 Å². The Bertz CT molecular complexity index is 1180. The van der Waals surface area contributed by atoms with Gasteiger partial charge in [0, 0.05) is 17.7 Å². The van der Waals surface area contributed by atoms with Gasteiger partial charge in [-0.15, -0.1) is 0 Å². The van der Waals surface area contributed by atoms with Crippen molar-refractivity contribution in [1.29, 1.82) is 0 Å². The van der Waals surface area contributed by atoms with Crippen LogP contribution in [0.5, 0.6) is 5.75 Å². The second kappa shape index (κ2) is 10.1. The van der Waals surface area contributed by atoms with Crippen molar-refractivity contribution in [3.8, 4) is 17.2 Å². The van der Waals surface area contributed by atoms with Crippen LogP contribution in [0.4, 0.5) is 0 Å². The monoisotopic (exact) mass is 445 g/mol. The summed E-state index contributed by atoms with van der Waals surface area (Å²) >= 11 is 5.26. The molecule has 0 aliphatic carbocycles. The first-order valence-electron chi connectivity index (χ1n) is 10.4. The number of amides is 1. The fourth-order valence-electron chi connectivity index (χ4n) is 3.09. The molecule has 4 rings (SSSR count). The van der Waals surface area contributed by atoms with Crippen LogP contribution in [-0.4, -0.2) is 22.6 Å². The molecule has 3 aromatic carbocycles. The lowest BCUT2D eigenvalue weighted by Gasteiger charge is -2.10. The zero-order valence-corrected chi connectivity index (χ0v) is 18.4. The molecule has 0 unspecified atom stereocenters. The molecular weight excluding hydrogens is 422 g/mol. The van der Waals surface area contributed by atoms with E-state index in [2.05, 4.69) is 15.6 Å².